The van der Waals surface area contributed by atoms with Crippen molar-refractivity contribution in [3.05, 3.63) is 41.0 Å². The lowest BCUT2D eigenvalue weighted by Crippen LogP contribution is -2.33. The van der Waals surface area contributed by atoms with Gasteiger partial charge in [0.05, 0.1) is 26.4 Å². The highest BCUT2D eigenvalue weighted by Gasteiger charge is 2.63. The molecule has 3 fully saturated rings. The minimum atomic E-state index is -2.60. The molecule has 3 aliphatic rings. The molecule has 1 aromatic carbocycles. The molecule has 4 heterocycles. The van der Waals surface area contributed by atoms with Crippen LogP contribution in [0, 0.1) is 11.8 Å². The average Bonchev–Trinajstić information content (AvgIpc) is 3.51. The Balaban J connectivity index is 1.45. The summed E-state index contributed by atoms with van der Waals surface area (Å²) in [5, 5.41) is 0. The van der Waals surface area contributed by atoms with Gasteiger partial charge >= 0.3 is 32.4 Å². The van der Waals surface area contributed by atoms with Crippen LogP contribution in [0.1, 0.15) is 96.8 Å². The number of hydrogen-bond donors (Lipinski definition) is 2. The van der Waals surface area contributed by atoms with Gasteiger partial charge in [-0.1, -0.05) is 42.4 Å². The highest BCUT2D eigenvalue weighted by atomic mass is 32.1. The topological polar surface area (TPSA) is 133 Å². The van der Waals surface area contributed by atoms with Crippen LogP contribution in [0.15, 0.2) is 24.3 Å². The van der Waals surface area contributed by atoms with Crippen molar-refractivity contribution in [1.82, 2.24) is 0 Å². The Bertz CT molecular complexity index is 1430. The lowest BCUT2D eigenvalue weighted by Gasteiger charge is -2.34. The van der Waals surface area contributed by atoms with Crippen molar-refractivity contribution in [2.75, 3.05) is 26.4 Å². The first-order valence-electron chi connectivity index (χ1n) is 17.3. The number of thiophene rings is 1. The van der Waals surface area contributed by atoms with E-state index < -0.39 is 32.4 Å². The summed E-state index contributed by atoms with van der Waals surface area (Å²) in [5.41, 5.74) is 3.89. The van der Waals surface area contributed by atoms with E-state index in [0.717, 1.165) is 70.3 Å². The van der Waals surface area contributed by atoms with E-state index in [4.69, 9.17) is 55.0 Å². The molecule has 0 aliphatic carbocycles. The molecule has 0 amide bonds. The molecule has 2 N–H and O–H groups in total. The van der Waals surface area contributed by atoms with Crippen LogP contribution in [0.2, 0.25) is 0 Å². The Kier molecular flexibility index (Phi) is 15.4. The SMILES string of the molecule is CCO[P+]1(Cc2cc(-c3ccc([P+]4(OCC)OC(C)O4)s3)c(C[P+]3(OCC)OC(C)O3)cc2C#CCCCCCCCOP(O)O)OC(C)O1. The van der Waals surface area contributed by atoms with Gasteiger partial charge in [0.1, 0.15) is 0 Å². The fourth-order valence-corrected chi connectivity index (χ4v) is 14.8. The van der Waals surface area contributed by atoms with E-state index in [1.54, 1.807) is 11.3 Å². The Morgan fingerprint density at radius 1 is 0.740 bits per heavy atom. The summed E-state index contributed by atoms with van der Waals surface area (Å²) in [4.78, 5) is 18.8. The first-order chi connectivity index (χ1) is 24.0. The Morgan fingerprint density at radius 2 is 1.32 bits per heavy atom. The summed E-state index contributed by atoms with van der Waals surface area (Å²) < 4.78 is 61.0. The van der Waals surface area contributed by atoms with Crippen molar-refractivity contribution in [2.24, 2.45) is 0 Å². The minimum Gasteiger partial charge on any atom is -0.328 e. The normalized spacial score (nSPS) is 28.9. The molecule has 0 saturated carbocycles. The van der Waals surface area contributed by atoms with E-state index in [1.807, 2.05) is 47.6 Å². The van der Waals surface area contributed by atoms with Crippen LogP contribution >= 0.6 is 43.8 Å². The smallest absolute Gasteiger partial charge is 0.328 e. The zero-order valence-corrected chi connectivity index (χ0v) is 34.1. The third-order valence-electron chi connectivity index (χ3n) is 7.82. The molecule has 3 saturated heterocycles. The number of rotatable bonds is 20. The molecule has 12 nitrogen and oxygen atoms in total. The summed E-state index contributed by atoms with van der Waals surface area (Å²) in [5.74, 6) is 6.89. The highest BCUT2D eigenvalue weighted by molar-refractivity contribution is 7.76. The van der Waals surface area contributed by atoms with Gasteiger partial charge in [-0.2, -0.15) is 13.6 Å². The molecule has 3 aliphatic heterocycles. The Labute approximate surface area is 303 Å². The minimum absolute atomic E-state index is 0.308. The summed E-state index contributed by atoms with van der Waals surface area (Å²) in [6.07, 6.45) is 5.52. The van der Waals surface area contributed by atoms with Crippen molar-refractivity contribution >= 4 is 48.4 Å². The molecular weight excluding hydrogens is 744 g/mol. The van der Waals surface area contributed by atoms with Gasteiger partial charge in [0.15, 0.2) is 12.3 Å². The lowest BCUT2D eigenvalue weighted by molar-refractivity contribution is -0.105. The van der Waals surface area contributed by atoms with Gasteiger partial charge in [-0.05, 0) is 78.1 Å². The van der Waals surface area contributed by atoms with Crippen molar-refractivity contribution in [3.63, 3.8) is 0 Å². The van der Waals surface area contributed by atoms with Gasteiger partial charge in [0.25, 0.3) is 18.9 Å². The molecule has 1 aromatic heterocycles. The molecular formula is C33H51O12P4S+3. The van der Waals surface area contributed by atoms with Crippen LogP contribution in [-0.4, -0.2) is 55.1 Å². The second-order valence-electron chi connectivity index (χ2n) is 11.8. The second kappa shape index (κ2) is 18.8. The van der Waals surface area contributed by atoms with Gasteiger partial charge in [-0.15, -0.1) is 27.1 Å². The molecule has 0 spiro atoms. The maximum absolute atomic E-state index is 8.88. The molecule has 17 heteroatoms. The predicted octanol–water partition coefficient (Wildman–Crippen LogP) is 9.54. The number of unbranched alkanes of at least 4 members (excludes halogenated alkanes) is 5. The molecule has 278 valence electrons. The summed E-state index contributed by atoms with van der Waals surface area (Å²) in [6.45, 7) is 13.3. The van der Waals surface area contributed by atoms with Gasteiger partial charge in [-0.3, -0.25) is 0 Å². The second-order valence-corrected chi connectivity index (χ2v) is 20.6. The largest absolute Gasteiger partial charge is 0.465 e. The maximum atomic E-state index is 8.88. The van der Waals surface area contributed by atoms with Crippen LogP contribution in [0.4, 0.5) is 0 Å². The first-order valence-corrected chi connectivity index (χ1v) is 24.3. The van der Waals surface area contributed by atoms with Gasteiger partial charge in [-0.25, -0.2) is 0 Å². The van der Waals surface area contributed by atoms with Crippen LogP contribution < -0.4 is 4.62 Å². The number of benzene rings is 1. The van der Waals surface area contributed by atoms with E-state index in [-0.39, 0.29) is 18.9 Å². The Hall–Kier alpha value is -0.280. The van der Waals surface area contributed by atoms with Gasteiger partial charge in [0, 0.05) is 34.1 Å². The quantitative estimate of drug-likeness (QED) is 0.0752. The molecule has 5 rings (SSSR count). The zero-order chi connectivity index (χ0) is 35.8. The van der Waals surface area contributed by atoms with Crippen molar-refractivity contribution in [1.29, 1.82) is 0 Å². The average molecular weight is 796 g/mol. The fraction of sp³-hybridized carbons (Fsp3) is 0.636. The monoisotopic (exact) mass is 795 g/mol. The van der Waals surface area contributed by atoms with E-state index in [9.17, 15) is 0 Å². The first kappa shape index (κ1) is 40.9. The van der Waals surface area contributed by atoms with Crippen LogP contribution in [0.25, 0.3) is 10.4 Å². The molecule has 2 aromatic rings. The van der Waals surface area contributed by atoms with Crippen molar-refractivity contribution in [3.8, 4) is 22.3 Å². The predicted molar refractivity (Wildman–Crippen MR) is 199 cm³/mol. The van der Waals surface area contributed by atoms with E-state index >= 15 is 0 Å². The van der Waals surface area contributed by atoms with E-state index in [2.05, 4.69) is 30.0 Å². The van der Waals surface area contributed by atoms with Crippen LogP contribution in [0.3, 0.4) is 0 Å². The van der Waals surface area contributed by atoms with Crippen LogP contribution in [-0.2, 0) is 57.6 Å². The summed E-state index contributed by atoms with van der Waals surface area (Å²) >= 11 is 1.60. The maximum Gasteiger partial charge on any atom is 0.465 e. The molecule has 0 bridgehead atoms. The molecule has 0 unspecified atom stereocenters. The van der Waals surface area contributed by atoms with Gasteiger partial charge in [0.2, 0.25) is 4.62 Å². The molecule has 0 atom stereocenters. The lowest BCUT2D eigenvalue weighted by atomic mass is 9.98. The van der Waals surface area contributed by atoms with Crippen molar-refractivity contribution in [2.45, 2.75) is 111 Å². The standard InChI is InChI=1S/C33H51O12P4S/c1-7-37-47(40-25(4)41-47)23-29-22-31(32-18-19-33(50-32)49(39-9-3)44-27(6)45-49)30(24-48(38-8-2)42-26(5)43-48)21-28(29)17-15-13-11-10-12-14-16-20-36-46(34)35/h18-19,21-22,25-27,34-35H,7-14,16,20,23-24H2,1-6H3/q+3. The fourth-order valence-electron chi connectivity index (χ4n) is 5.96. The molecule has 50 heavy (non-hydrogen) atoms. The summed E-state index contributed by atoms with van der Waals surface area (Å²) in [6, 6.07) is 8.45. The van der Waals surface area contributed by atoms with E-state index in [0.29, 0.717) is 38.8 Å². The third kappa shape index (κ3) is 10.5. The van der Waals surface area contributed by atoms with E-state index in [1.165, 1.54) is 0 Å². The van der Waals surface area contributed by atoms with Gasteiger partial charge < -0.3 is 14.3 Å². The van der Waals surface area contributed by atoms with Crippen LogP contribution in [0.5, 0.6) is 0 Å². The zero-order valence-electron chi connectivity index (χ0n) is 29.7. The third-order valence-corrected chi connectivity index (χ3v) is 17.8. The summed E-state index contributed by atoms with van der Waals surface area (Å²) in [7, 11) is -10.1. The van der Waals surface area contributed by atoms with Crippen molar-refractivity contribution < 1.29 is 55.0 Å². The number of hydrogen-bond acceptors (Lipinski definition) is 13. The highest BCUT2D eigenvalue weighted by Crippen LogP contribution is 2.75. The Morgan fingerprint density at radius 3 is 1.90 bits per heavy atom. The molecule has 0 radical (unpaired) electrons.